The van der Waals surface area contributed by atoms with Gasteiger partial charge in [0.2, 0.25) is 0 Å². The number of carboxylic acid groups (broad SMARTS) is 1. The van der Waals surface area contributed by atoms with Crippen molar-refractivity contribution in [2.45, 2.75) is 50.7 Å². The topological polar surface area (TPSA) is 97.9 Å². The minimum atomic E-state index is -4.84. The summed E-state index contributed by atoms with van der Waals surface area (Å²) in [5.41, 5.74) is 1.23. The van der Waals surface area contributed by atoms with Gasteiger partial charge in [-0.25, -0.2) is 14.2 Å². The molecule has 42 heavy (non-hydrogen) atoms. The average Bonchev–Trinajstić information content (AvgIpc) is 3.24. The van der Waals surface area contributed by atoms with Crippen LogP contribution in [0.3, 0.4) is 0 Å². The van der Waals surface area contributed by atoms with Crippen LogP contribution in [0.4, 0.5) is 22.7 Å². The van der Waals surface area contributed by atoms with Crippen molar-refractivity contribution in [1.29, 1.82) is 0 Å². The lowest BCUT2D eigenvalue weighted by atomic mass is 10.0. The van der Waals surface area contributed by atoms with E-state index in [9.17, 15) is 27.5 Å². The van der Waals surface area contributed by atoms with Crippen LogP contribution >= 0.6 is 11.3 Å². The molecule has 2 aromatic carbocycles. The maximum atomic E-state index is 14.5. The minimum Gasteiger partial charge on any atom is -0.478 e. The molecule has 3 fully saturated rings. The standard InChI is InChI=1S/C29H25F4N3O5S/c30-21-9-15(27(37)38)10-23-25(21)34-28(42-23)36-11-16-7-18(8-17(16)12-36)39-13-20-24(35-41-26(20)14-5-6-14)19-3-1-2-4-22(19)40-29(31,32)33/h1-4,9-10,14,16-18H,5-8,11-13H2,(H,37,38). The van der Waals surface area contributed by atoms with Crippen LogP contribution in [-0.4, -0.2) is 46.8 Å². The smallest absolute Gasteiger partial charge is 0.478 e. The van der Waals surface area contributed by atoms with Crippen molar-refractivity contribution in [3.63, 3.8) is 0 Å². The summed E-state index contributed by atoms with van der Waals surface area (Å²) >= 11 is 1.28. The Kier molecular flexibility index (Phi) is 6.61. The monoisotopic (exact) mass is 603 g/mol. The van der Waals surface area contributed by atoms with Crippen LogP contribution in [0.15, 0.2) is 40.9 Å². The van der Waals surface area contributed by atoms with Crippen LogP contribution < -0.4 is 9.64 Å². The molecule has 4 aromatic rings. The number of nitrogens with zero attached hydrogens (tertiary/aromatic N) is 3. The summed E-state index contributed by atoms with van der Waals surface area (Å²) in [5, 5.41) is 14.1. The van der Waals surface area contributed by atoms with Gasteiger partial charge in [0.25, 0.3) is 0 Å². The molecule has 13 heteroatoms. The Bertz CT molecular complexity index is 1650. The molecular weight excluding hydrogens is 578 g/mol. The number of para-hydroxylation sites is 1. The van der Waals surface area contributed by atoms with Gasteiger partial charge in [0.1, 0.15) is 22.7 Å². The van der Waals surface area contributed by atoms with Crippen LogP contribution in [0.2, 0.25) is 0 Å². The summed E-state index contributed by atoms with van der Waals surface area (Å²) in [6, 6.07) is 8.33. The van der Waals surface area contributed by atoms with E-state index in [4.69, 9.17) is 9.26 Å². The largest absolute Gasteiger partial charge is 0.573 e. The van der Waals surface area contributed by atoms with Crippen LogP contribution in [0.5, 0.6) is 5.75 Å². The second-order valence-electron chi connectivity index (χ2n) is 11.1. The van der Waals surface area contributed by atoms with Crippen molar-refractivity contribution in [3.8, 4) is 17.0 Å². The predicted molar refractivity (Wildman–Crippen MR) is 144 cm³/mol. The van der Waals surface area contributed by atoms with Gasteiger partial charge >= 0.3 is 12.3 Å². The Morgan fingerprint density at radius 3 is 2.57 bits per heavy atom. The van der Waals surface area contributed by atoms with Gasteiger partial charge < -0.3 is 24.0 Å². The fourth-order valence-corrected chi connectivity index (χ4v) is 7.23. The number of aromatic carboxylic acids is 1. The molecule has 2 aromatic heterocycles. The zero-order valence-electron chi connectivity index (χ0n) is 22.1. The zero-order chi connectivity index (χ0) is 29.2. The second-order valence-corrected chi connectivity index (χ2v) is 12.1. The number of halogens is 4. The summed E-state index contributed by atoms with van der Waals surface area (Å²) in [5.74, 6) is -0.654. The summed E-state index contributed by atoms with van der Waals surface area (Å²) in [6.07, 6.45) is -1.41. The van der Waals surface area contributed by atoms with E-state index in [1.807, 2.05) is 0 Å². The fraction of sp³-hybridized carbons (Fsp3) is 0.414. The number of ether oxygens (including phenoxy) is 2. The van der Waals surface area contributed by atoms with Crippen molar-refractivity contribution < 1.29 is 41.5 Å². The molecule has 2 saturated carbocycles. The van der Waals surface area contributed by atoms with Gasteiger partial charge in [-0.15, -0.1) is 13.2 Å². The first-order valence-electron chi connectivity index (χ1n) is 13.7. The number of hydrogen-bond acceptors (Lipinski definition) is 8. The Balaban J connectivity index is 1.04. The molecule has 0 amide bonds. The maximum absolute atomic E-state index is 14.5. The normalized spacial score (nSPS) is 22.2. The molecule has 8 nitrogen and oxygen atoms in total. The molecule has 2 atom stereocenters. The number of thiazole rings is 1. The Morgan fingerprint density at radius 1 is 1.14 bits per heavy atom. The molecule has 1 saturated heterocycles. The number of alkyl halides is 3. The molecule has 1 N–H and O–H groups in total. The van der Waals surface area contributed by atoms with Gasteiger partial charge in [-0.05, 0) is 61.8 Å². The highest BCUT2D eigenvalue weighted by Gasteiger charge is 2.43. The van der Waals surface area contributed by atoms with Gasteiger partial charge in [-0.2, -0.15) is 0 Å². The first-order valence-corrected chi connectivity index (χ1v) is 14.5. The second kappa shape index (κ2) is 10.2. The highest BCUT2D eigenvalue weighted by Crippen LogP contribution is 2.47. The van der Waals surface area contributed by atoms with E-state index in [0.717, 1.165) is 44.8 Å². The molecule has 2 aliphatic carbocycles. The predicted octanol–water partition coefficient (Wildman–Crippen LogP) is 7.00. The molecule has 0 radical (unpaired) electrons. The first-order chi connectivity index (χ1) is 20.1. The van der Waals surface area contributed by atoms with E-state index in [-0.39, 0.29) is 41.0 Å². The van der Waals surface area contributed by atoms with E-state index < -0.39 is 18.1 Å². The molecular formula is C29H25F4N3O5S. The third-order valence-corrected chi connectivity index (χ3v) is 9.32. The third-order valence-electron chi connectivity index (χ3n) is 8.26. The van der Waals surface area contributed by atoms with Gasteiger partial charge in [-0.3, -0.25) is 0 Å². The van der Waals surface area contributed by atoms with Gasteiger partial charge in [0.15, 0.2) is 10.9 Å². The highest BCUT2D eigenvalue weighted by atomic mass is 32.1. The average molecular weight is 604 g/mol. The quantitative estimate of drug-likeness (QED) is 0.215. The fourth-order valence-electron chi connectivity index (χ4n) is 6.19. The molecule has 0 spiro atoms. The molecule has 1 aliphatic heterocycles. The van der Waals surface area contributed by atoms with E-state index in [1.165, 1.54) is 35.6 Å². The molecule has 2 unspecified atom stereocenters. The number of benzene rings is 2. The molecule has 3 aliphatic rings. The van der Waals surface area contributed by atoms with Crippen molar-refractivity contribution in [1.82, 2.24) is 10.1 Å². The summed E-state index contributed by atoms with van der Waals surface area (Å²) in [4.78, 5) is 17.9. The lowest BCUT2D eigenvalue weighted by molar-refractivity contribution is -0.274. The van der Waals surface area contributed by atoms with E-state index in [2.05, 4.69) is 19.8 Å². The van der Waals surface area contributed by atoms with Gasteiger partial charge in [-0.1, -0.05) is 28.6 Å². The Hall–Kier alpha value is -3.71. The third kappa shape index (κ3) is 5.19. The van der Waals surface area contributed by atoms with Gasteiger partial charge in [0.05, 0.1) is 23.0 Å². The molecule has 0 bridgehead atoms. The first kappa shape index (κ1) is 27.1. The van der Waals surface area contributed by atoms with E-state index in [1.54, 1.807) is 6.07 Å². The van der Waals surface area contributed by atoms with Crippen molar-refractivity contribution in [2.24, 2.45) is 11.8 Å². The van der Waals surface area contributed by atoms with Crippen LogP contribution in [-0.2, 0) is 11.3 Å². The Labute approximate surface area is 240 Å². The summed E-state index contributed by atoms with van der Waals surface area (Å²) in [6.45, 7) is 1.62. The SMILES string of the molecule is O=C(O)c1cc(F)c2nc(N3CC4CC(OCc5c(-c6ccccc6OC(F)(F)F)noc5C5CC5)CC4C3)sc2c1. The number of anilines is 1. The highest BCUT2D eigenvalue weighted by molar-refractivity contribution is 7.22. The van der Waals surface area contributed by atoms with E-state index in [0.29, 0.717) is 38.7 Å². The van der Waals surface area contributed by atoms with E-state index >= 15 is 0 Å². The van der Waals surface area contributed by atoms with Crippen LogP contribution in [0.25, 0.3) is 21.5 Å². The number of rotatable bonds is 8. The summed E-state index contributed by atoms with van der Waals surface area (Å²) in [7, 11) is 0. The maximum Gasteiger partial charge on any atom is 0.573 e. The molecule has 220 valence electrons. The van der Waals surface area contributed by atoms with Crippen molar-refractivity contribution in [3.05, 3.63) is 59.1 Å². The number of fused-ring (bicyclic) bond motifs is 2. The van der Waals surface area contributed by atoms with Crippen molar-refractivity contribution >= 4 is 32.7 Å². The number of hydrogen-bond donors (Lipinski definition) is 1. The minimum absolute atomic E-state index is 0.0374. The molecule has 7 rings (SSSR count). The summed E-state index contributed by atoms with van der Waals surface area (Å²) < 4.78 is 70.4. The van der Waals surface area contributed by atoms with Crippen molar-refractivity contribution in [2.75, 3.05) is 18.0 Å². The Morgan fingerprint density at radius 2 is 1.88 bits per heavy atom. The van der Waals surface area contributed by atoms with Gasteiger partial charge in [0, 0.05) is 30.1 Å². The number of carboxylic acids is 1. The lowest BCUT2D eigenvalue weighted by Gasteiger charge is -2.19. The number of carbonyl (C=O) groups is 1. The van der Waals surface area contributed by atoms with Crippen LogP contribution in [0, 0.1) is 17.7 Å². The molecule has 3 heterocycles. The number of aromatic nitrogens is 2. The lowest BCUT2D eigenvalue weighted by Crippen LogP contribution is -2.23. The zero-order valence-corrected chi connectivity index (χ0v) is 22.9. The van der Waals surface area contributed by atoms with Crippen LogP contribution in [0.1, 0.15) is 53.3 Å².